The van der Waals surface area contributed by atoms with Gasteiger partial charge in [-0.1, -0.05) is 6.42 Å². The molecule has 3 unspecified atom stereocenters. The predicted octanol–water partition coefficient (Wildman–Crippen LogP) is 0.918. The van der Waals surface area contributed by atoms with Crippen LogP contribution < -0.4 is 0 Å². The first-order chi connectivity index (χ1) is 4.70. The number of hydrogen-bond donors (Lipinski definition) is 2. The number of hydrogen-bond acceptors (Lipinski definition) is 2. The van der Waals surface area contributed by atoms with Crippen molar-refractivity contribution in [2.45, 2.75) is 44.8 Å². The summed E-state index contributed by atoms with van der Waals surface area (Å²) in [4.78, 5) is 0. The Morgan fingerprint density at radius 3 is 2.60 bits per heavy atom. The Balaban J connectivity index is 2.26. The molecule has 0 spiro atoms. The fourth-order valence-corrected chi connectivity index (χ4v) is 1.73. The highest BCUT2D eigenvalue weighted by atomic mass is 16.3. The van der Waals surface area contributed by atoms with Crippen LogP contribution in [0.2, 0.25) is 0 Å². The third-order valence-electron chi connectivity index (χ3n) is 2.26. The van der Waals surface area contributed by atoms with Crippen molar-refractivity contribution in [2.24, 2.45) is 5.92 Å². The van der Waals surface area contributed by atoms with E-state index in [2.05, 4.69) is 0 Å². The highest BCUT2D eigenvalue weighted by Gasteiger charge is 2.25. The van der Waals surface area contributed by atoms with Gasteiger partial charge in [0, 0.05) is 0 Å². The number of aliphatic hydroxyl groups excluding tert-OH is 2. The Kier molecular flexibility index (Phi) is 2.69. The van der Waals surface area contributed by atoms with Crippen LogP contribution in [0.15, 0.2) is 0 Å². The van der Waals surface area contributed by atoms with E-state index in [1.165, 1.54) is 0 Å². The molecule has 0 aromatic rings. The van der Waals surface area contributed by atoms with Gasteiger partial charge >= 0.3 is 0 Å². The molecule has 1 aliphatic rings. The molecular formula is C8H16O2. The quantitative estimate of drug-likeness (QED) is 0.605. The summed E-state index contributed by atoms with van der Waals surface area (Å²) in [5.41, 5.74) is 0. The standard InChI is InChI=1S/C8H16O2/c1-6(9)5-7-3-2-4-8(7)10/h6-10H,2-5H2,1H3. The summed E-state index contributed by atoms with van der Waals surface area (Å²) in [6.45, 7) is 1.78. The van der Waals surface area contributed by atoms with Gasteiger partial charge in [0.25, 0.3) is 0 Å². The maximum atomic E-state index is 9.33. The van der Waals surface area contributed by atoms with Crippen molar-refractivity contribution in [1.82, 2.24) is 0 Å². The molecule has 10 heavy (non-hydrogen) atoms. The maximum absolute atomic E-state index is 9.33. The van der Waals surface area contributed by atoms with E-state index in [0.29, 0.717) is 5.92 Å². The highest BCUT2D eigenvalue weighted by Crippen LogP contribution is 2.28. The van der Waals surface area contributed by atoms with Crippen molar-refractivity contribution in [3.63, 3.8) is 0 Å². The highest BCUT2D eigenvalue weighted by molar-refractivity contribution is 4.77. The lowest BCUT2D eigenvalue weighted by atomic mass is 9.99. The lowest BCUT2D eigenvalue weighted by Gasteiger charge is -2.15. The Morgan fingerprint density at radius 2 is 2.20 bits per heavy atom. The molecule has 0 aromatic carbocycles. The Bertz CT molecular complexity index is 101. The molecule has 0 saturated heterocycles. The minimum atomic E-state index is -0.252. The fourth-order valence-electron chi connectivity index (χ4n) is 1.73. The summed E-state index contributed by atoms with van der Waals surface area (Å²) < 4.78 is 0. The van der Waals surface area contributed by atoms with Crippen molar-refractivity contribution in [1.29, 1.82) is 0 Å². The lowest BCUT2D eigenvalue weighted by Crippen LogP contribution is -2.17. The third kappa shape index (κ3) is 1.96. The van der Waals surface area contributed by atoms with Gasteiger partial charge < -0.3 is 10.2 Å². The molecule has 1 aliphatic carbocycles. The topological polar surface area (TPSA) is 40.5 Å². The van der Waals surface area contributed by atoms with E-state index in [4.69, 9.17) is 5.11 Å². The van der Waals surface area contributed by atoms with Gasteiger partial charge in [-0.25, -0.2) is 0 Å². The molecular weight excluding hydrogens is 128 g/mol. The van der Waals surface area contributed by atoms with Crippen LogP contribution >= 0.6 is 0 Å². The number of rotatable bonds is 2. The van der Waals surface area contributed by atoms with Crippen molar-refractivity contribution < 1.29 is 10.2 Å². The van der Waals surface area contributed by atoms with Gasteiger partial charge in [-0.3, -0.25) is 0 Å². The van der Waals surface area contributed by atoms with E-state index in [9.17, 15) is 5.11 Å². The molecule has 1 saturated carbocycles. The fraction of sp³-hybridized carbons (Fsp3) is 1.00. The van der Waals surface area contributed by atoms with Crippen LogP contribution in [0.1, 0.15) is 32.6 Å². The summed E-state index contributed by atoms with van der Waals surface area (Å²) in [5.74, 6) is 0.361. The van der Waals surface area contributed by atoms with E-state index >= 15 is 0 Å². The van der Waals surface area contributed by atoms with Crippen LogP contribution in [0.4, 0.5) is 0 Å². The largest absolute Gasteiger partial charge is 0.393 e. The van der Waals surface area contributed by atoms with Gasteiger partial charge in [0.15, 0.2) is 0 Å². The normalized spacial score (nSPS) is 36.3. The van der Waals surface area contributed by atoms with Crippen LogP contribution in [0.25, 0.3) is 0 Å². The molecule has 0 radical (unpaired) electrons. The smallest absolute Gasteiger partial charge is 0.0569 e. The van der Waals surface area contributed by atoms with E-state index in [0.717, 1.165) is 25.7 Å². The van der Waals surface area contributed by atoms with Gasteiger partial charge in [0.2, 0.25) is 0 Å². The van der Waals surface area contributed by atoms with Crippen LogP contribution in [0, 0.1) is 5.92 Å². The zero-order valence-corrected chi connectivity index (χ0v) is 6.45. The molecule has 1 rings (SSSR count). The van der Waals surface area contributed by atoms with E-state index in [-0.39, 0.29) is 12.2 Å². The Morgan fingerprint density at radius 1 is 1.50 bits per heavy atom. The predicted molar refractivity (Wildman–Crippen MR) is 39.6 cm³/mol. The molecule has 0 bridgehead atoms. The minimum Gasteiger partial charge on any atom is -0.393 e. The molecule has 0 aliphatic heterocycles. The molecule has 0 amide bonds. The average molecular weight is 144 g/mol. The molecule has 2 N–H and O–H groups in total. The van der Waals surface area contributed by atoms with Crippen LogP contribution in [-0.4, -0.2) is 22.4 Å². The zero-order chi connectivity index (χ0) is 7.56. The van der Waals surface area contributed by atoms with Crippen LogP contribution in [0.5, 0.6) is 0 Å². The molecule has 3 atom stereocenters. The van der Waals surface area contributed by atoms with Gasteiger partial charge in [0.1, 0.15) is 0 Å². The van der Waals surface area contributed by atoms with Gasteiger partial charge in [0.05, 0.1) is 12.2 Å². The van der Waals surface area contributed by atoms with Crippen molar-refractivity contribution in [3.05, 3.63) is 0 Å². The molecule has 0 aromatic heterocycles. The molecule has 2 heteroatoms. The van der Waals surface area contributed by atoms with Crippen molar-refractivity contribution >= 4 is 0 Å². The average Bonchev–Trinajstić information content (AvgIpc) is 2.15. The van der Waals surface area contributed by atoms with E-state index in [1.54, 1.807) is 6.92 Å². The summed E-state index contributed by atoms with van der Waals surface area (Å²) in [6.07, 6.45) is 3.51. The van der Waals surface area contributed by atoms with Crippen molar-refractivity contribution in [2.75, 3.05) is 0 Å². The summed E-state index contributed by atoms with van der Waals surface area (Å²) >= 11 is 0. The molecule has 60 valence electrons. The monoisotopic (exact) mass is 144 g/mol. The second-order valence-corrected chi connectivity index (χ2v) is 3.34. The Labute approximate surface area is 61.9 Å². The summed E-state index contributed by atoms with van der Waals surface area (Å²) in [5, 5.41) is 18.3. The van der Waals surface area contributed by atoms with Gasteiger partial charge in [-0.05, 0) is 32.1 Å². The third-order valence-corrected chi connectivity index (χ3v) is 2.26. The lowest BCUT2D eigenvalue weighted by molar-refractivity contribution is 0.0873. The van der Waals surface area contributed by atoms with Gasteiger partial charge in [-0.2, -0.15) is 0 Å². The zero-order valence-electron chi connectivity index (χ0n) is 6.45. The maximum Gasteiger partial charge on any atom is 0.0569 e. The van der Waals surface area contributed by atoms with E-state index < -0.39 is 0 Å². The first kappa shape index (κ1) is 8.02. The second-order valence-electron chi connectivity index (χ2n) is 3.34. The van der Waals surface area contributed by atoms with Crippen LogP contribution in [0.3, 0.4) is 0 Å². The second kappa shape index (κ2) is 3.35. The molecule has 0 heterocycles. The van der Waals surface area contributed by atoms with Crippen LogP contribution in [-0.2, 0) is 0 Å². The summed E-state index contributed by atoms with van der Waals surface area (Å²) in [7, 11) is 0. The number of aliphatic hydroxyl groups is 2. The molecule has 2 nitrogen and oxygen atoms in total. The summed E-state index contributed by atoms with van der Waals surface area (Å²) in [6, 6.07) is 0. The first-order valence-electron chi connectivity index (χ1n) is 4.06. The Hall–Kier alpha value is -0.0800. The van der Waals surface area contributed by atoms with Gasteiger partial charge in [-0.15, -0.1) is 0 Å². The molecule has 1 fully saturated rings. The SMILES string of the molecule is CC(O)CC1CCCC1O. The van der Waals surface area contributed by atoms with Crippen molar-refractivity contribution in [3.8, 4) is 0 Å². The minimum absolute atomic E-state index is 0.144. The van der Waals surface area contributed by atoms with E-state index in [1.807, 2.05) is 0 Å². The first-order valence-corrected chi connectivity index (χ1v) is 4.06.